The lowest BCUT2D eigenvalue weighted by molar-refractivity contribution is 0.0932. The minimum atomic E-state index is -0.0654. The van der Waals surface area contributed by atoms with Gasteiger partial charge in [-0.2, -0.15) is 0 Å². The molecule has 0 bridgehead atoms. The van der Waals surface area contributed by atoms with E-state index in [1.165, 1.54) is 0 Å². The second kappa shape index (κ2) is 4.09. The SMILES string of the molecule is COc1cc(Br)ccc1C(=O)NC1(C)CC1. The molecule has 1 N–H and O–H groups in total. The molecule has 1 aromatic rings. The number of rotatable bonds is 3. The van der Waals surface area contributed by atoms with Gasteiger partial charge in [-0.1, -0.05) is 15.9 Å². The van der Waals surface area contributed by atoms with Crippen LogP contribution in [-0.4, -0.2) is 18.6 Å². The number of hydrogen-bond acceptors (Lipinski definition) is 2. The van der Waals surface area contributed by atoms with Crippen LogP contribution in [0.1, 0.15) is 30.1 Å². The average Bonchev–Trinajstić information content (AvgIpc) is 2.95. The summed E-state index contributed by atoms with van der Waals surface area (Å²) in [5, 5.41) is 3.01. The predicted molar refractivity (Wildman–Crippen MR) is 65.8 cm³/mol. The molecule has 1 aliphatic carbocycles. The van der Waals surface area contributed by atoms with Crippen LogP contribution < -0.4 is 10.1 Å². The number of amides is 1. The van der Waals surface area contributed by atoms with Crippen molar-refractivity contribution in [2.75, 3.05) is 7.11 Å². The van der Waals surface area contributed by atoms with Gasteiger partial charge in [0, 0.05) is 10.0 Å². The van der Waals surface area contributed by atoms with Crippen molar-refractivity contribution < 1.29 is 9.53 Å². The third-order valence-electron chi connectivity index (χ3n) is 2.82. The first kappa shape index (κ1) is 11.5. The fraction of sp³-hybridized carbons (Fsp3) is 0.417. The first-order chi connectivity index (χ1) is 7.54. The zero-order valence-corrected chi connectivity index (χ0v) is 10.9. The van der Waals surface area contributed by atoms with Gasteiger partial charge in [0.15, 0.2) is 0 Å². The minimum Gasteiger partial charge on any atom is -0.496 e. The summed E-state index contributed by atoms with van der Waals surface area (Å²) in [7, 11) is 1.57. The van der Waals surface area contributed by atoms with E-state index < -0.39 is 0 Å². The largest absolute Gasteiger partial charge is 0.496 e. The lowest BCUT2D eigenvalue weighted by Gasteiger charge is -2.13. The Labute approximate surface area is 103 Å². The van der Waals surface area contributed by atoms with Crippen molar-refractivity contribution in [3.05, 3.63) is 28.2 Å². The molecule has 1 aliphatic rings. The highest BCUT2D eigenvalue weighted by atomic mass is 79.9. The summed E-state index contributed by atoms with van der Waals surface area (Å²) in [6, 6.07) is 5.40. The fourth-order valence-corrected chi connectivity index (χ4v) is 1.85. The van der Waals surface area contributed by atoms with Crippen molar-refractivity contribution in [2.45, 2.75) is 25.3 Å². The van der Waals surface area contributed by atoms with Gasteiger partial charge < -0.3 is 10.1 Å². The van der Waals surface area contributed by atoms with Crippen LogP contribution in [0.4, 0.5) is 0 Å². The van der Waals surface area contributed by atoms with Crippen LogP contribution >= 0.6 is 15.9 Å². The standard InChI is InChI=1S/C12H14BrNO2/c1-12(5-6-12)14-11(15)9-4-3-8(13)7-10(9)16-2/h3-4,7H,5-6H2,1-2H3,(H,14,15). The van der Waals surface area contributed by atoms with E-state index in [9.17, 15) is 4.79 Å². The highest BCUT2D eigenvalue weighted by Crippen LogP contribution is 2.35. The van der Waals surface area contributed by atoms with Gasteiger partial charge in [-0.15, -0.1) is 0 Å². The zero-order chi connectivity index (χ0) is 11.8. The van der Waals surface area contributed by atoms with Crippen LogP contribution in [0, 0.1) is 0 Å². The minimum absolute atomic E-state index is 0.00479. The summed E-state index contributed by atoms with van der Waals surface area (Å²) in [5.74, 6) is 0.528. The molecule has 1 amide bonds. The fourth-order valence-electron chi connectivity index (χ4n) is 1.51. The van der Waals surface area contributed by atoms with Crippen molar-refractivity contribution in [3.63, 3.8) is 0 Å². The molecule has 0 radical (unpaired) electrons. The molecular weight excluding hydrogens is 270 g/mol. The number of methoxy groups -OCH3 is 1. The number of hydrogen-bond donors (Lipinski definition) is 1. The summed E-state index contributed by atoms with van der Waals surface area (Å²) in [4.78, 5) is 12.0. The molecule has 0 aromatic heterocycles. The van der Waals surface area contributed by atoms with Crippen LogP contribution in [0.2, 0.25) is 0 Å². The number of nitrogens with one attached hydrogen (secondary N) is 1. The normalized spacial score (nSPS) is 16.7. The van der Waals surface area contributed by atoms with Gasteiger partial charge in [-0.3, -0.25) is 4.79 Å². The van der Waals surface area contributed by atoms with Gasteiger partial charge in [0.05, 0.1) is 12.7 Å². The third-order valence-corrected chi connectivity index (χ3v) is 3.32. The Kier molecular flexibility index (Phi) is 2.93. The summed E-state index contributed by atoms with van der Waals surface area (Å²) in [5.41, 5.74) is 0.577. The van der Waals surface area contributed by atoms with Gasteiger partial charge >= 0.3 is 0 Å². The molecule has 0 spiro atoms. The molecule has 0 heterocycles. The summed E-state index contributed by atoms with van der Waals surface area (Å²) in [6.07, 6.45) is 2.11. The highest BCUT2D eigenvalue weighted by Gasteiger charge is 2.39. The van der Waals surface area contributed by atoms with E-state index in [1.807, 2.05) is 6.07 Å². The molecule has 2 rings (SSSR count). The number of ether oxygens (including phenoxy) is 1. The molecule has 86 valence electrons. The van der Waals surface area contributed by atoms with Gasteiger partial charge in [0.1, 0.15) is 5.75 Å². The first-order valence-corrected chi connectivity index (χ1v) is 5.99. The zero-order valence-electron chi connectivity index (χ0n) is 9.34. The van der Waals surface area contributed by atoms with Gasteiger partial charge in [-0.25, -0.2) is 0 Å². The van der Waals surface area contributed by atoms with Gasteiger partial charge in [0.2, 0.25) is 0 Å². The van der Waals surface area contributed by atoms with Crippen LogP contribution in [-0.2, 0) is 0 Å². The van der Waals surface area contributed by atoms with Crippen molar-refractivity contribution in [1.29, 1.82) is 0 Å². The lowest BCUT2D eigenvalue weighted by Crippen LogP contribution is -2.34. The van der Waals surface area contributed by atoms with E-state index in [1.54, 1.807) is 19.2 Å². The molecule has 1 fully saturated rings. The van der Waals surface area contributed by atoms with E-state index in [0.29, 0.717) is 11.3 Å². The third kappa shape index (κ3) is 2.38. The van der Waals surface area contributed by atoms with E-state index in [-0.39, 0.29) is 11.4 Å². The van der Waals surface area contributed by atoms with E-state index in [0.717, 1.165) is 17.3 Å². The van der Waals surface area contributed by atoms with Crippen LogP contribution in [0.5, 0.6) is 5.75 Å². The molecular formula is C12H14BrNO2. The monoisotopic (exact) mass is 283 g/mol. The Hall–Kier alpha value is -1.03. The molecule has 4 heteroatoms. The number of carbonyl (C=O) groups excluding carboxylic acids is 1. The van der Waals surface area contributed by atoms with Crippen molar-refractivity contribution in [3.8, 4) is 5.75 Å². The smallest absolute Gasteiger partial charge is 0.255 e. The lowest BCUT2D eigenvalue weighted by atomic mass is 10.1. The Morgan fingerprint density at radius 3 is 2.75 bits per heavy atom. The maximum atomic E-state index is 12.0. The molecule has 0 saturated heterocycles. The molecule has 0 atom stereocenters. The van der Waals surface area contributed by atoms with Crippen LogP contribution in [0.15, 0.2) is 22.7 Å². The van der Waals surface area contributed by atoms with E-state index in [2.05, 4.69) is 28.2 Å². The Bertz CT molecular complexity index is 427. The number of halogens is 1. The van der Waals surface area contributed by atoms with Crippen molar-refractivity contribution in [1.82, 2.24) is 5.32 Å². The highest BCUT2D eigenvalue weighted by molar-refractivity contribution is 9.10. The van der Waals surface area contributed by atoms with Crippen LogP contribution in [0.3, 0.4) is 0 Å². The summed E-state index contributed by atoms with van der Waals surface area (Å²) < 4.78 is 6.09. The second-order valence-electron chi connectivity index (χ2n) is 4.36. The summed E-state index contributed by atoms with van der Waals surface area (Å²) in [6.45, 7) is 2.05. The topological polar surface area (TPSA) is 38.3 Å². The molecule has 3 nitrogen and oxygen atoms in total. The van der Waals surface area contributed by atoms with Gasteiger partial charge in [-0.05, 0) is 38.0 Å². The first-order valence-electron chi connectivity index (χ1n) is 5.20. The average molecular weight is 284 g/mol. The summed E-state index contributed by atoms with van der Waals surface area (Å²) >= 11 is 3.35. The second-order valence-corrected chi connectivity index (χ2v) is 5.28. The Morgan fingerprint density at radius 1 is 1.50 bits per heavy atom. The van der Waals surface area contributed by atoms with E-state index in [4.69, 9.17) is 4.74 Å². The van der Waals surface area contributed by atoms with Crippen LogP contribution in [0.25, 0.3) is 0 Å². The molecule has 1 aromatic carbocycles. The maximum absolute atomic E-state index is 12.0. The Balaban J connectivity index is 2.21. The van der Waals surface area contributed by atoms with Crippen molar-refractivity contribution in [2.24, 2.45) is 0 Å². The predicted octanol–water partition coefficient (Wildman–Crippen LogP) is 2.74. The number of benzene rings is 1. The molecule has 0 unspecified atom stereocenters. The van der Waals surface area contributed by atoms with Gasteiger partial charge in [0.25, 0.3) is 5.91 Å². The maximum Gasteiger partial charge on any atom is 0.255 e. The molecule has 0 aliphatic heterocycles. The van der Waals surface area contributed by atoms with E-state index >= 15 is 0 Å². The quantitative estimate of drug-likeness (QED) is 0.926. The molecule has 1 saturated carbocycles. The number of carbonyl (C=O) groups is 1. The Morgan fingerprint density at radius 2 is 2.19 bits per heavy atom. The molecule has 16 heavy (non-hydrogen) atoms. The van der Waals surface area contributed by atoms with Crippen molar-refractivity contribution >= 4 is 21.8 Å².